The van der Waals surface area contributed by atoms with E-state index in [2.05, 4.69) is 6.92 Å². The van der Waals surface area contributed by atoms with Crippen molar-refractivity contribution in [1.29, 1.82) is 0 Å². The Hall–Kier alpha value is -0.850. The van der Waals surface area contributed by atoms with Crippen molar-refractivity contribution in [2.45, 2.75) is 13.0 Å². The molecule has 0 bridgehead atoms. The summed E-state index contributed by atoms with van der Waals surface area (Å²) in [5.74, 6) is 0.777. The van der Waals surface area contributed by atoms with Crippen LogP contribution in [0, 0.1) is 0 Å². The van der Waals surface area contributed by atoms with Crippen LogP contribution in [0.3, 0.4) is 0 Å². The van der Waals surface area contributed by atoms with Gasteiger partial charge in [-0.3, -0.25) is 0 Å². The number of piperazine rings is 1. The fourth-order valence-electron chi connectivity index (χ4n) is 2.88. The zero-order valence-corrected chi connectivity index (χ0v) is 14.6. The summed E-state index contributed by atoms with van der Waals surface area (Å²) in [5, 5.41) is 10.8. The number of likely N-dealkylation sites (N-methyl/N-ethyl adjacent to an activating group) is 1. The van der Waals surface area contributed by atoms with E-state index in [9.17, 15) is 5.11 Å². The van der Waals surface area contributed by atoms with E-state index in [4.69, 9.17) is 21.1 Å². The van der Waals surface area contributed by atoms with Gasteiger partial charge in [0.05, 0.1) is 19.8 Å². The number of hydrogen-bond acceptors (Lipinski definition) is 3. The highest BCUT2D eigenvalue weighted by atomic mass is 35.5. The van der Waals surface area contributed by atoms with Gasteiger partial charge in [0.2, 0.25) is 0 Å². The molecule has 0 radical (unpaired) electrons. The Kier molecular flexibility index (Phi) is 8.12. The van der Waals surface area contributed by atoms with Gasteiger partial charge in [-0.1, -0.05) is 11.6 Å². The fourth-order valence-corrected chi connectivity index (χ4v) is 3.00. The highest BCUT2D eigenvalue weighted by Crippen LogP contribution is 2.15. The maximum Gasteiger partial charge on any atom is 0.127 e. The number of benzene rings is 1. The summed E-state index contributed by atoms with van der Waals surface area (Å²) in [4.78, 5) is 3.15. The van der Waals surface area contributed by atoms with Gasteiger partial charge in [-0.25, -0.2) is 0 Å². The van der Waals surface area contributed by atoms with Gasteiger partial charge in [0, 0.05) is 5.02 Å². The van der Waals surface area contributed by atoms with E-state index in [-0.39, 0.29) is 0 Å². The molecule has 1 heterocycles. The molecule has 130 valence electrons. The first-order valence-electron chi connectivity index (χ1n) is 8.48. The third kappa shape index (κ3) is 7.06. The summed E-state index contributed by atoms with van der Waals surface area (Å²) >= 11 is 5.82. The Morgan fingerprint density at radius 1 is 1.09 bits per heavy atom. The Morgan fingerprint density at radius 3 is 2.39 bits per heavy atom. The van der Waals surface area contributed by atoms with Crippen molar-refractivity contribution in [1.82, 2.24) is 0 Å². The summed E-state index contributed by atoms with van der Waals surface area (Å²) in [6.45, 7) is 10.2. The van der Waals surface area contributed by atoms with Crippen molar-refractivity contribution >= 4 is 11.6 Å². The van der Waals surface area contributed by atoms with Gasteiger partial charge in [0.15, 0.2) is 0 Å². The molecule has 1 aromatic rings. The predicted molar refractivity (Wildman–Crippen MR) is 90.6 cm³/mol. The summed E-state index contributed by atoms with van der Waals surface area (Å²) in [5.41, 5.74) is 0. The molecule has 0 aromatic heterocycles. The van der Waals surface area contributed by atoms with Crippen molar-refractivity contribution < 1.29 is 24.4 Å². The largest absolute Gasteiger partial charge is 0.491 e. The Morgan fingerprint density at radius 2 is 1.74 bits per heavy atom. The second-order valence-electron chi connectivity index (χ2n) is 6.09. The average Bonchev–Trinajstić information content (AvgIpc) is 2.57. The van der Waals surface area contributed by atoms with E-state index in [0.29, 0.717) is 24.8 Å². The molecule has 1 atom stereocenters. The third-order valence-corrected chi connectivity index (χ3v) is 4.56. The lowest BCUT2D eigenvalue weighted by Gasteiger charge is -2.30. The molecule has 0 aliphatic carbocycles. The number of ether oxygens (including phenoxy) is 2. The minimum Gasteiger partial charge on any atom is -0.491 e. The van der Waals surface area contributed by atoms with Gasteiger partial charge in [0.1, 0.15) is 51.2 Å². The van der Waals surface area contributed by atoms with Crippen LogP contribution in [0.25, 0.3) is 0 Å². The van der Waals surface area contributed by atoms with Gasteiger partial charge in [-0.2, -0.15) is 0 Å². The number of hydrogen-bond donors (Lipinski definition) is 3. The zero-order valence-electron chi connectivity index (χ0n) is 13.9. The first-order valence-corrected chi connectivity index (χ1v) is 8.86. The topological polar surface area (TPSA) is 47.6 Å². The fraction of sp³-hybridized carbons (Fsp3) is 0.647. The molecule has 5 nitrogen and oxygen atoms in total. The van der Waals surface area contributed by atoms with Gasteiger partial charge in [-0.15, -0.1) is 0 Å². The van der Waals surface area contributed by atoms with Crippen LogP contribution < -0.4 is 14.5 Å². The van der Waals surface area contributed by atoms with Crippen molar-refractivity contribution in [2.24, 2.45) is 0 Å². The van der Waals surface area contributed by atoms with Crippen LogP contribution in [0.4, 0.5) is 0 Å². The minimum atomic E-state index is -0.399. The Bertz CT molecular complexity index is 436. The number of aliphatic hydroxyl groups is 1. The molecular formula is C17H29ClN2O3+2. The quantitative estimate of drug-likeness (QED) is 0.498. The van der Waals surface area contributed by atoms with Gasteiger partial charge in [0.25, 0.3) is 0 Å². The summed E-state index contributed by atoms with van der Waals surface area (Å²) in [7, 11) is 0. The standard InChI is InChI=1S/C17H27ClN2O3/c1-2-19-7-9-20(10-8-19)13-16(21)14-22-11-12-23-17-5-3-15(18)4-6-17/h3-6,16,21H,2,7-14H2,1H3/p+2/t16-/m0/s1. The molecule has 1 aliphatic rings. The lowest BCUT2D eigenvalue weighted by molar-refractivity contribution is -1.01. The molecule has 6 heteroatoms. The molecule has 1 aromatic carbocycles. The van der Waals surface area contributed by atoms with Crippen LogP contribution >= 0.6 is 11.6 Å². The van der Waals surface area contributed by atoms with Crippen LogP contribution in [0.15, 0.2) is 24.3 Å². The van der Waals surface area contributed by atoms with Gasteiger partial charge >= 0.3 is 0 Å². The summed E-state index contributed by atoms with van der Waals surface area (Å²) in [6, 6.07) is 7.26. The molecule has 0 amide bonds. The Labute approximate surface area is 143 Å². The van der Waals surface area contributed by atoms with E-state index in [0.717, 1.165) is 25.4 Å². The van der Waals surface area contributed by atoms with Crippen LogP contribution in [0.1, 0.15) is 6.92 Å². The predicted octanol–water partition coefficient (Wildman–Crippen LogP) is -1.10. The van der Waals surface area contributed by atoms with Crippen LogP contribution in [-0.4, -0.2) is 70.3 Å². The summed E-state index contributed by atoms with van der Waals surface area (Å²) < 4.78 is 11.0. The van der Waals surface area contributed by atoms with Crippen LogP contribution in [0.5, 0.6) is 5.75 Å². The monoisotopic (exact) mass is 344 g/mol. The number of quaternary nitrogens is 2. The summed E-state index contributed by atoms with van der Waals surface area (Å²) in [6.07, 6.45) is -0.399. The maximum absolute atomic E-state index is 10.1. The molecule has 1 fully saturated rings. The van der Waals surface area contributed by atoms with E-state index < -0.39 is 6.10 Å². The van der Waals surface area contributed by atoms with Crippen molar-refractivity contribution in [3.8, 4) is 5.75 Å². The van der Waals surface area contributed by atoms with E-state index in [1.54, 1.807) is 17.0 Å². The van der Waals surface area contributed by atoms with Crippen LogP contribution in [-0.2, 0) is 4.74 Å². The molecule has 0 unspecified atom stereocenters. The molecule has 0 saturated carbocycles. The molecule has 3 N–H and O–H groups in total. The zero-order chi connectivity index (χ0) is 16.5. The third-order valence-electron chi connectivity index (χ3n) is 4.31. The van der Waals surface area contributed by atoms with Crippen molar-refractivity contribution in [2.75, 3.05) is 59.1 Å². The smallest absolute Gasteiger partial charge is 0.127 e. The highest BCUT2D eigenvalue weighted by molar-refractivity contribution is 6.30. The molecule has 23 heavy (non-hydrogen) atoms. The molecule has 0 spiro atoms. The average molecular weight is 345 g/mol. The number of rotatable bonds is 9. The van der Waals surface area contributed by atoms with E-state index >= 15 is 0 Å². The molecule has 2 rings (SSSR count). The van der Waals surface area contributed by atoms with E-state index in [1.807, 2.05) is 12.1 Å². The molecular weight excluding hydrogens is 316 g/mol. The van der Waals surface area contributed by atoms with Gasteiger partial charge in [-0.05, 0) is 31.2 Å². The first-order chi connectivity index (χ1) is 11.2. The highest BCUT2D eigenvalue weighted by Gasteiger charge is 2.23. The normalized spacial score (nSPS) is 22.7. The lowest BCUT2D eigenvalue weighted by Crippen LogP contribution is -3.28. The maximum atomic E-state index is 10.1. The van der Waals surface area contributed by atoms with Crippen molar-refractivity contribution in [3.05, 3.63) is 29.3 Å². The first kappa shape index (κ1) is 18.5. The van der Waals surface area contributed by atoms with Crippen LogP contribution in [0.2, 0.25) is 5.02 Å². The van der Waals surface area contributed by atoms with Crippen molar-refractivity contribution in [3.63, 3.8) is 0 Å². The van der Waals surface area contributed by atoms with Gasteiger partial charge < -0.3 is 24.4 Å². The SMILES string of the molecule is CC[NH+]1CC[NH+](C[C@H](O)COCCOc2ccc(Cl)cc2)CC1. The van der Waals surface area contributed by atoms with E-state index in [1.165, 1.54) is 24.5 Å². The molecule has 1 saturated heterocycles. The number of aliphatic hydroxyl groups excluding tert-OH is 1. The minimum absolute atomic E-state index is 0.373. The molecule has 1 aliphatic heterocycles. The second kappa shape index (κ2) is 10.1. The number of nitrogens with one attached hydrogen (secondary N) is 2. The lowest BCUT2D eigenvalue weighted by atomic mass is 10.2. The number of halogens is 1. The second-order valence-corrected chi connectivity index (χ2v) is 6.53. The Balaban J connectivity index is 1.51.